The number of hydrogen-bond acceptors (Lipinski definition) is 4. The predicted octanol–water partition coefficient (Wildman–Crippen LogP) is 2.64. The highest BCUT2D eigenvalue weighted by atomic mass is 32.2. The van der Waals surface area contributed by atoms with Crippen LogP contribution in [0.3, 0.4) is 0 Å². The fourth-order valence-corrected chi connectivity index (χ4v) is 3.42. The smallest absolute Gasteiger partial charge is 0.313 e. The second-order valence-electron chi connectivity index (χ2n) is 5.27. The normalized spacial score (nSPS) is 13.7. The topological polar surface area (TPSA) is 74.7 Å². The van der Waals surface area contributed by atoms with Crippen LogP contribution in [0.4, 0.5) is 0 Å². The summed E-state index contributed by atoms with van der Waals surface area (Å²) in [6.45, 7) is 0.301. The summed E-state index contributed by atoms with van der Waals surface area (Å²) < 4.78 is 0. The van der Waals surface area contributed by atoms with Crippen molar-refractivity contribution in [3.63, 3.8) is 0 Å². The van der Waals surface area contributed by atoms with Crippen molar-refractivity contribution in [2.24, 2.45) is 0 Å². The first-order valence-electron chi connectivity index (χ1n) is 7.27. The maximum atomic E-state index is 12.6. The molecule has 2 aromatic rings. The largest absolute Gasteiger partial charge is 0.481 e. The molecular formula is C17H15NO4S. The summed E-state index contributed by atoms with van der Waals surface area (Å²) in [7, 11) is 0. The highest BCUT2D eigenvalue weighted by molar-refractivity contribution is 7.99. The Morgan fingerprint density at radius 3 is 2.22 bits per heavy atom. The van der Waals surface area contributed by atoms with Crippen molar-refractivity contribution in [1.82, 2.24) is 4.90 Å². The van der Waals surface area contributed by atoms with E-state index in [-0.39, 0.29) is 17.6 Å². The summed E-state index contributed by atoms with van der Waals surface area (Å²) in [4.78, 5) is 36.9. The van der Waals surface area contributed by atoms with E-state index in [9.17, 15) is 14.4 Å². The Labute approximate surface area is 137 Å². The third-order valence-corrected chi connectivity index (χ3v) is 4.78. The van der Waals surface area contributed by atoms with Gasteiger partial charge in [-0.3, -0.25) is 19.3 Å². The highest BCUT2D eigenvalue weighted by Crippen LogP contribution is 2.29. The standard InChI is InChI=1S/C17H15NO4S/c19-14(20)10-23-9-3-8-18-16(21)12-6-1-4-11-5-2-7-13(15(11)12)17(18)22/h1-2,4-7H,3,8-10H2,(H,19,20). The lowest BCUT2D eigenvalue weighted by Gasteiger charge is -2.27. The van der Waals surface area contributed by atoms with E-state index in [0.29, 0.717) is 29.8 Å². The number of nitrogens with zero attached hydrogens (tertiary/aromatic N) is 1. The molecule has 6 heteroatoms. The van der Waals surface area contributed by atoms with E-state index < -0.39 is 5.97 Å². The quantitative estimate of drug-likeness (QED) is 0.651. The van der Waals surface area contributed by atoms with Gasteiger partial charge in [0, 0.05) is 23.1 Å². The van der Waals surface area contributed by atoms with Gasteiger partial charge in [-0.25, -0.2) is 0 Å². The van der Waals surface area contributed by atoms with Crippen LogP contribution in [0.1, 0.15) is 27.1 Å². The van der Waals surface area contributed by atoms with E-state index in [1.807, 2.05) is 24.3 Å². The van der Waals surface area contributed by atoms with Gasteiger partial charge in [0.2, 0.25) is 0 Å². The van der Waals surface area contributed by atoms with Crippen LogP contribution < -0.4 is 0 Å². The van der Waals surface area contributed by atoms with Gasteiger partial charge < -0.3 is 5.11 Å². The number of carboxylic acids is 1. The SMILES string of the molecule is O=C(O)CSCCCN1C(=O)c2cccc3cccc(c23)C1=O. The van der Waals surface area contributed by atoms with Crippen molar-refractivity contribution in [2.45, 2.75) is 6.42 Å². The van der Waals surface area contributed by atoms with Gasteiger partial charge in [-0.1, -0.05) is 24.3 Å². The molecule has 0 saturated heterocycles. The van der Waals surface area contributed by atoms with E-state index in [1.165, 1.54) is 16.7 Å². The van der Waals surface area contributed by atoms with Gasteiger partial charge in [0.1, 0.15) is 0 Å². The molecular weight excluding hydrogens is 314 g/mol. The molecule has 0 aliphatic carbocycles. The number of carboxylic acid groups (broad SMARTS) is 1. The van der Waals surface area contributed by atoms with Crippen molar-refractivity contribution in [3.05, 3.63) is 47.5 Å². The molecule has 118 valence electrons. The summed E-state index contributed by atoms with van der Waals surface area (Å²) in [6.07, 6.45) is 0.577. The van der Waals surface area contributed by atoms with Crippen LogP contribution in [-0.4, -0.2) is 45.8 Å². The summed E-state index contributed by atoms with van der Waals surface area (Å²) in [5.41, 5.74) is 1.10. The first-order valence-corrected chi connectivity index (χ1v) is 8.42. The molecule has 2 amide bonds. The molecule has 0 saturated carbocycles. The Morgan fingerprint density at radius 1 is 1.04 bits per heavy atom. The van der Waals surface area contributed by atoms with E-state index in [1.54, 1.807) is 12.1 Å². The third-order valence-electron chi connectivity index (χ3n) is 3.75. The van der Waals surface area contributed by atoms with E-state index in [4.69, 9.17) is 5.11 Å². The number of thioether (sulfide) groups is 1. The van der Waals surface area contributed by atoms with Gasteiger partial charge in [0.25, 0.3) is 11.8 Å². The molecule has 1 aliphatic heterocycles. The molecule has 0 bridgehead atoms. The van der Waals surface area contributed by atoms with E-state index in [0.717, 1.165) is 10.8 Å². The van der Waals surface area contributed by atoms with Crippen molar-refractivity contribution >= 4 is 40.3 Å². The molecule has 5 nitrogen and oxygen atoms in total. The molecule has 2 aromatic carbocycles. The van der Waals surface area contributed by atoms with Crippen molar-refractivity contribution in [3.8, 4) is 0 Å². The number of benzene rings is 2. The number of imide groups is 1. The summed E-state index contributed by atoms with van der Waals surface area (Å²) in [6, 6.07) is 10.9. The highest BCUT2D eigenvalue weighted by Gasteiger charge is 2.31. The van der Waals surface area contributed by atoms with Gasteiger partial charge in [-0.2, -0.15) is 11.8 Å². The Balaban J connectivity index is 1.79. The maximum absolute atomic E-state index is 12.6. The van der Waals surface area contributed by atoms with Crippen LogP contribution >= 0.6 is 11.8 Å². The second-order valence-corrected chi connectivity index (χ2v) is 6.38. The van der Waals surface area contributed by atoms with Gasteiger partial charge >= 0.3 is 5.97 Å². The summed E-state index contributed by atoms with van der Waals surface area (Å²) >= 11 is 1.28. The van der Waals surface area contributed by atoms with Crippen molar-refractivity contribution in [2.75, 3.05) is 18.1 Å². The first-order chi connectivity index (χ1) is 11.1. The monoisotopic (exact) mass is 329 g/mol. The zero-order valence-electron chi connectivity index (χ0n) is 12.3. The van der Waals surface area contributed by atoms with Crippen LogP contribution in [0.25, 0.3) is 10.8 Å². The van der Waals surface area contributed by atoms with Crippen LogP contribution in [0, 0.1) is 0 Å². The average Bonchev–Trinajstić information content (AvgIpc) is 2.54. The van der Waals surface area contributed by atoms with Gasteiger partial charge in [0.05, 0.1) is 5.75 Å². The molecule has 0 aromatic heterocycles. The summed E-state index contributed by atoms with van der Waals surface area (Å²) in [5, 5.41) is 10.2. The lowest BCUT2D eigenvalue weighted by Crippen LogP contribution is -2.41. The Morgan fingerprint density at radius 2 is 1.65 bits per heavy atom. The van der Waals surface area contributed by atoms with Crippen LogP contribution in [-0.2, 0) is 4.79 Å². The average molecular weight is 329 g/mol. The molecule has 0 radical (unpaired) electrons. The first kappa shape index (κ1) is 15.6. The molecule has 23 heavy (non-hydrogen) atoms. The van der Waals surface area contributed by atoms with Gasteiger partial charge in [-0.05, 0) is 29.7 Å². The number of amides is 2. The van der Waals surface area contributed by atoms with Crippen molar-refractivity contribution < 1.29 is 19.5 Å². The Hall–Kier alpha value is -2.34. The van der Waals surface area contributed by atoms with E-state index in [2.05, 4.69) is 0 Å². The Bertz CT molecular complexity index is 752. The number of aliphatic carboxylic acids is 1. The number of carbonyl (C=O) groups excluding carboxylic acids is 2. The predicted molar refractivity (Wildman–Crippen MR) is 88.9 cm³/mol. The maximum Gasteiger partial charge on any atom is 0.313 e. The molecule has 1 aliphatic rings. The zero-order chi connectivity index (χ0) is 16.4. The summed E-state index contributed by atoms with van der Waals surface area (Å²) in [5.74, 6) is -0.787. The second kappa shape index (κ2) is 6.42. The molecule has 1 N–H and O–H groups in total. The van der Waals surface area contributed by atoms with Crippen molar-refractivity contribution in [1.29, 1.82) is 0 Å². The number of hydrogen-bond donors (Lipinski definition) is 1. The van der Waals surface area contributed by atoms with E-state index >= 15 is 0 Å². The number of rotatable bonds is 6. The molecule has 0 atom stereocenters. The number of carbonyl (C=O) groups is 3. The Kier molecular flexibility index (Phi) is 4.34. The fourth-order valence-electron chi connectivity index (χ4n) is 2.77. The molecule has 1 heterocycles. The minimum atomic E-state index is -0.860. The minimum Gasteiger partial charge on any atom is -0.481 e. The fraction of sp³-hybridized carbons (Fsp3) is 0.235. The molecule has 3 rings (SSSR count). The molecule has 0 fully saturated rings. The molecule has 0 unspecified atom stereocenters. The lowest BCUT2D eigenvalue weighted by atomic mass is 9.94. The molecule has 0 spiro atoms. The lowest BCUT2D eigenvalue weighted by molar-refractivity contribution is -0.133. The van der Waals surface area contributed by atoms with Gasteiger partial charge in [-0.15, -0.1) is 0 Å². The van der Waals surface area contributed by atoms with Crippen LogP contribution in [0.2, 0.25) is 0 Å². The van der Waals surface area contributed by atoms with Gasteiger partial charge in [0.15, 0.2) is 0 Å². The van der Waals surface area contributed by atoms with Crippen LogP contribution in [0.15, 0.2) is 36.4 Å². The zero-order valence-corrected chi connectivity index (χ0v) is 13.1. The minimum absolute atomic E-state index is 0.0318. The third kappa shape index (κ3) is 2.94. The van der Waals surface area contributed by atoms with Crippen LogP contribution in [0.5, 0.6) is 0 Å².